The number of aliphatic carboxylic acids is 1. The number of unbranched alkanes of at least 4 members (excludes halogenated alkanes) is 2. The Kier molecular flexibility index (Phi) is 22.6. The van der Waals surface area contributed by atoms with Crippen LogP contribution in [0.2, 0.25) is 0 Å². The van der Waals surface area contributed by atoms with Gasteiger partial charge in [0.25, 0.3) is 11.7 Å². The smallest absolute Gasteiger partial charge is 0.326 e. The van der Waals surface area contributed by atoms with Gasteiger partial charge >= 0.3 is 5.97 Å². The summed E-state index contributed by atoms with van der Waals surface area (Å²) >= 11 is 0. The summed E-state index contributed by atoms with van der Waals surface area (Å²) in [5.41, 5.74) is 7.09. The van der Waals surface area contributed by atoms with Gasteiger partial charge in [-0.05, 0) is 121 Å². The first kappa shape index (κ1) is 55.9. The van der Waals surface area contributed by atoms with Crippen molar-refractivity contribution in [1.29, 1.82) is 0 Å². The third kappa shape index (κ3) is 16.5. The van der Waals surface area contributed by atoms with Crippen molar-refractivity contribution in [2.45, 2.75) is 181 Å². The summed E-state index contributed by atoms with van der Waals surface area (Å²) in [5.74, 6) is -7.11. The van der Waals surface area contributed by atoms with Crippen molar-refractivity contribution >= 4 is 40.1 Å². The van der Waals surface area contributed by atoms with Crippen LogP contribution in [0.5, 0.6) is 0 Å². The number of fused-ring (bicyclic) bond motifs is 1. The maximum Gasteiger partial charge on any atom is 0.326 e. The lowest BCUT2D eigenvalue weighted by molar-refractivity contribution is -0.205. The van der Waals surface area contributed by atoms with Crippen molar-refractivity contribution < 1.29 is 44.0 Å². The first-order valence-electron chi connectivity index (χ1n) is 25.4. The molecule has 374 valence electrons. The molecular weight excluding hydrogens is 857 g/mol. The molecule has 1 aliphatic heterocycles. The molecule has 2 fully saturated rings. The van der Waals surface area contributed by atoms with Gasteiger partial charge in [-0.2, -0.15) is 0 Å². The number of carbonyl (C=O) groups is 5. The number of nitrogens with one attached hydrogen (secondary N) is 1. The molecule has 2 aliphatic rings. The van der Waals surface area contributed by atoms with Crippen LogP contribution >= 0.6 is 0 Å². The highest BCUT2D eigenvalue weighted by molar-refractivity contribution is 6.39. The molecule has 1 amide bonds. The zero-order valence-corrected chi connectivity index (χ0v) is 42.4. The highest BCUT2D eigenvalue weighted by atomic mass is 16.5. The number of hydrogen-bond acceptors (Lipinski definition) is 8. The van der Waals surface area contributed by atoms with Crippen molar-refractivity contribution in [3.8, 4) is 0 Å². The summed E-state index contributed by atoms with van der Waals surface area (Å²) in [6, 6.07) is 5.15. The van der Waals surface area contributed by atoms with E-state index in [1.807, 2.05) is 51.3 Å². The average Bonchev–Trinajstić information content (AvgIpc) is 3.71. The first-order valence-corrected chi connectivity index (χ1v) is 25.4. The van der Waals surface area contributed by atoms with Crippen molar-refractivity contribution in [1.82, 2.24) is 9.88 Å². The van der Waals surface area contributed by atoms with Gasteiger partial charge in [-0.25, -0.2) is 4.79 Å². The fourth-order valence-corrected chi connectivity index (χ4v) is 10.0. The minimum atomic E-state index is -2.91. The van der Waals surface area contributed by atoms with E-state index < -0.39 is 35.4 Å². The largest absolute Gasteiger partial charge is 0.480 e. The molecular formula is C57H82N2O9. The van der Waals surface area contributed by atoms with Crippen LogP contribution in [0.3, 0.4) is 0 Å². The quantitative estimate of drug-likeness (QED) is 0.0223. The lowest BCUT2D eigenvalue weighted by Gasteiger charge is -2.35. The number of likely N-dealkylation sites (tertiary alicyclic amines) is 1. The van der Waals surface area contributed by atoms with E-state index in [4.69, 9.17) is 4.74 Å². The van der Waals surface area contributed by atoms with E-state index in [9.17, 15) is 39.3 Å². The number of methoxy groups -OCH3 is 1. The number of rotatable bonds is 27. The third-order valence-electron chi connectivity index (χ3n) is 14.5. The molecule has 1 saturated heterocycles. The Balaban J connectivity index is 1.26. The SMILES string of the molecule is COC1CCC/C(=C/CCCC(=O)[C@H](C)/C=C(\C)CCC(=O)C(C)C[C@H](C)/C=C/C=C/C=C(\C)C(CCCCC(C)C(O)(O)C(=O)C(=O)N2CCCCC2C(=O)O)c2cccc3c(C)c[nH]c23)C1. The number of nitrogens with zero attached hydrogens (tertiary/aromatic N) is 1. The minimum Gasteiger partial charge on any atom is -0.480 e. The Morgan fingerprint density at radius 1 is 0.912 bits per heavy atom. The number of benzene rings is 1. The summed E-state index contributed by atoms with van der Waals surface area (Å²) in [6.07, 6.45) is 29.4. The highest BCUT2D eigenvalue weighted by Crippen LogP contribution is 2.36. The van der Waals surface area contributed by atoms with E-state index >= 15 is 0 Å². The second-order valence-electron chi connectivity index (χ2n) is 20.1. The monoisotopic (exact) mass is 939 g/mol. The summed E-state index contributed by atoms with van der Waals surface area (Å²) in [6.45, 7) is 13.9. The molecule has 2 heterocycles. The van der Waals surface area contributed by atoms with E-state index in [0.29, 0.717) is 51.0 Å². The first-order chi connectivity index (χ1) is 32.3. The van der Waals surface area contributed by atoms with Gasteiger partial charge in [0.1, 0.15) is 17.6 Å². The normalized spacial score (nSPS) is 20.5. The maximum atomic E-state index is 13.1. The van der Waals surface area contributed by atoms with Crippen LogP contribution in [0, 0.1) is 30.6 Å². The van der Waals surface area contributed by atoms with Crippen molar-refractivity contribution in [3.63, 3.8) is 0 Å². The van der Waals surface area contributed by atoms with Crippen LogP contribution in [0.25, 0.3) is 10.9 Å². The number of piperidine rings is 1. The zero-order chi connectivity index (χ0) is 50.0. The van der Waals surface area contributed by atoms with Crippen LogP contribution < -0.4 is 0 Å². The molecule has 7 atom stereocenters. The second-order valence-corrected chi connectivity index (χ2v) is 20.1. The molecule has 0 spiro atoms. The fourth-order valence-electron chi connectivity index (χ4n) is 10.0. The van der Waals surface area contributed by atoms with Gasteiger partial charge in [0.05, 0.1) is 6.10 Å². The Hall–Kier alpha value is -4.71. The van der Waals surface area contributed by atoms with Crippen molar-refractivity contribution in [2.24, 2.45) is 23.7 Å². The van der Waals surface area contributed by atoms with Crippen LogP contribution in [0.1, 0.15) is 168 Å². The number of carboxylic acids is 1. The molecule has 5 unspecified atom stereocenters. The number of ketones is 3. The molecule has 11 heteroatoms. The molecule has 11 nitrogen and oxygen atoms in total. The van der Waals surface area contributed by atoms with Crippen molar-refractivity contribution in [3.05, 3.63) is 94.8 Å². The number of carboxylic acid groups (broad SMARTS) is 1. The van der Waals surface area contributed by atoms with E-state index in [1.165, 1.54) is 18.9 Å². The number of H-pyrrole nitrogens is 1. The van der Waals surface area contributed by atoms with E-state index in [-0.39, 0.29) is 54.6 Å². The van der Waals surface area contributed by atoms with Gasteiger partial charge in [0, 0.05) is 67.3 Å². The van der Waals surface area contributed by atoms with E-state index in [0.717, 1.165) is 83.0 Å². The van der Waals surface area contributed by atoms with Gasteiger partial charge in [0.15, 0.2) is 0 Å². The van der Waals surface area contributed by atoms with Gasteiger partial charge in [-0.3, -0.25) is 19.2 Å². The molecule has 1 aliphatic carbocycles. The van der Waals surface area contributed by atoms with Crippen LogP contribution in [-0.2, 0) is 28.7 Å². The van der Waals surface area contributed by atoms with Crippen molar-refractivity contribution in [2.75, 3.05) is 13.7 Å². The number of ether oxygens (including phenoxy) is 1. The second kappa shape index (κ2) is 27.5. The predicted octanol–water partition coefficient (Wildman–Crippen LogP) is 11.4. The highest BCUT2D eigenvalue weighted by Gasteiger charge is 2.47. The molecule has 1 saturated carbocycles. The fraction of sp³-hybridized carbons (Fsp3) is 0.596. The Morgan fingerprint density at radius 3 is 2.40 bits per heavy atom. The van der Waals surface area contributed by atoms with Crippen LogP contribution in [0.4, 0.5) is 0 Å². The van der Waals surface area contributed by atoms with Crippen LogP contribution in [-0.4, -0.2) is 86.0 Å². The van der Waals surface area contributed by atoms with E-state index in [1.54, 1.807) is 7.11 Å². The van der Waals surface area contributed by atoms with Gasteiger partial charge < -0.3 is 29.9 Å². The maximum absolute atomic E-state index is 13.1. The molecule has 68 heavy (non-hydrogen) atoms. The molecule has 1 aromatic heterocycles. The van der Waals surface area contributed by atoms with Gasteiger partial charge in [0.2, 0.25) is 5.79 Å². The zero-order valence-electron chi connectivity index (χ0n) is 42.4. The lowest BCUT2D eigenvalue weighted by Crippen LogP contribution is -2.57. The number of aromatic amines is 1. The van der Waals surface area contributed by atoms with Gasteiger partial charge in [-0.1, -0.05) is 118 Å². The van der Waals surface area contributed by atoms with Crippen LogP contribution in [0.15, 0.2) is 83.6 Å². The number of Topliss-reactive ketones (excluding diaryl/α,β-unsaturated/α-hetero) is 3. The molecule has 0 bridgehead atoms. The summed E-state index contributed by atoms with van der Waals surface area (Å²) < 4.78 is 5.53. The summed E-state index contributed by atoms with van der Waals surface area (Å²) in [4.78, 5) is 68.3. The topological polar surface area (TPSA) is 174 Å². The Bertz CT molecular complexity index is 2170. The Morgan fingerprint density at radius 2 is 1.66 bits per heavy atom. The third-order valence-corrected chi connectivity index (χ3v) is 14.5. The number of allylic oxidation sites excluding steroid dienone is 9. The summed E-state index contributed by atoms with van der Waals surface area (Å²) in [7, 11) is 1.78. The number of aliphatic hydroxyl groups is 2. The average molecular weight is 939 g/mol. The number of para-hydroxylation sites is 1. The summed E-state index contributed by atoms with van der Waals surface area (Å²) in [5, 5.41) is 32.5. The Labute approximate surface area is 406 Å². The number of aromatic nitrogens is 1. The lowest BCUT2D eigenvalue weighted by atomic mass is 9.84. The number of amides is 1. The van der Waals surface area contributed by atoms with E-state index in [2.05, 4.69) is 62.2 Å². The van der Waals surface area contributed by atoms with Gasteiger partial charge in [-0.15, -0.1) is 0 Å². The number of carbonyl (C=O) groups excluding carboxylic acids is 4. The minimum absolute atomic E-state index is 0.0427. The molecule has 4 rings (SSSR count). The number of hydrogen-bond donors (Lipinski definition) is 4. The molecule has 2 aromatic rings. The standard InChI is InChI=1S/C57H82N2O9/c1-38(34-42(5)52(61)32-31-39(2)35-41(4)51(60)30-15-13-23-45-24-18-25-46(36-45)68-8)20-10-9-11-21-40(3)47(49-28-19-27-48-43(6)37-58-53(48)49)26-14-12-22-44(7)57(66,67)54(62)55(63)59-33-17-16-29-50(59)56(64)65/h9-11,19-21,23,27-28,35,37-38,41-42,44,46-47,50,58,66-67H,12-18,22,24-26,29-34,36H2,1-8H3,(H,64,65)/b11-9+,20-10+,39-35+,40-21+,45-23-/t38-,41-,42?,44?,46?,47?,50?/m1/s1. The molecule has 4 N–H and O–H groups in total. The molecule has 1 aromatic carbocycles. The predicted molar refractivity (Wildman–Crippen MR) is 271 cm³/mol. The molecule has 0 radical (unpaired) electrons. The number of aryl methyl sites for hydroxylation is 1.